The van der Waals surface area contributed by atoms with Crippen molar-refractivity contribution in [2.45, 2.75) is 52.1 Å². The molecule has 118 valence electrons. The highest BCUT2D eigenvalue weighted by Crippen LogP contribution is 2.16. The second-order valence-corrected chi connectivity index (χ2v) is 6.36. The lowest BCUT2D eigenvalue weighted by atomic mass is 10.0. The minimum Gasteiger partial charge on any atom is -0.355 e. The minimum absolute atomic E-state index is 0.0324. The van der Waals surface area contributed by atoms with Crippen LogP contribution in [-0.4, -0.2) is 66.6 Å². The fraction of sp³-hybridized carbons (Fsp3) is 0.933. The smallest absolute Gasteiger partial charge is 0.237 e. The highest BCUT2D eigenvalue weighted by atomic mass is 16.2. The van der Waals surface area contributed by atoms with Gasteiger partial charge >= 0.3 is 0 Å². The van der Waals surface area contributed by atoms with Crippen molar-refractivity contribution < 1.29 is 4.79 Å². The molecule has 1 unspecified atom stereocenters. The van der Waals surface area contributed by atoms with Gasteiger partial charge in [0.25, 0.3) is 0 Å². The van der Waals surface area contributed by atoms with E-state index < -0.39 is 0 Å². The van der Waals surface area contributed by atoms with Crippen LogP contribution in [0.25, 0.3) is 0 Å². The maximum absolute atomic E-state index is 12.1. The molecule has 0 aliphatic carbocycles. The molecule has 1 amide bonds. The van der Waals surface area contributed by atoms with E-state index in [-0.39, 0.29) is 17.5 Å². The minimum atomic E-state index is -0.0324. The lowest BCUT2D eigenvalue weighted by Gasteiger charge is -2.44. The van der Waals surface area contributed by atoms with E-state index in [1.807, 2.05) is 6.92 Å². The molecule has 1 heterocycles. The number of hydrogen-bond donors (Lipinski definition) is 2. The second kappa shape index (κ2) is 7.96. The van der Waals surface area contributed by atoms with Crippen LogP contribution < -0.4 is 11.1 Å². The number of hydrogen-bond acceptors (Lipinski definition) is 4. The molecule has 0 bridgehead atoms. The largest absolute Gasteiger partial charge is 0.355 e. The van der Waals surface area contributed by atoms with E-state index >= 15 is 0 Å². The van der Waals surface area contributed by atoms with E-state index in [0.29, 0.717) is 6.54 Å². The Labute approximate surface area is 123 Å². The number of piperazine rings is 1. The van der Waals surface area contributed by atoms with Crippen LogP contribution in [0.4, 0.5) is 0 Å². The van der Waals surface area contributed by atoms with Gasteiger partial charge in [-0.05, 0) is 27.2 Å². The van der Waals surface area contributed by atoms with Crippen LogP contribution in [0.5, 0.6) is 0 Å². The van der Waals surface area contributed by atoms with Crippen molar-refractivity contribution in [3.8, 4) is 0 Å². The van der Waals surface area contributed by atoms with Gasteiger partial charge in [-0.1, -0.05) is 13.3 Å². The Morgan fingerprint density at radius 1 is 1.30 bits per heavy atom. The zero-order valence-corrected chi connectivity index (χ0v) is 13.6. The molecule has 0 saturated carbocycles. The van der Waals surface area contributed by atoms with E-state index in [9.17, 15) is 4.79 Å². The second-order valence-electron chi connectivity index (χ2n) is 6.36. The van der Waals surface area contributed by atoms with Crippen LogP contribution in [0.3, 0.4) is 0 Å². The predicted molar refractivity (Wildman–Crippen MR) is 83.7 cm³/mol. The summed E-state index contributed by atoms with van der Waals surface area (Å²) >= 11 is 0. The van der Waals surface area contributed by atoms with Gasteiger partial charge in [-0.15, -0.1) is 0 Å². The van der Waals surface area contributed by atoms with Crippen molar-refractivity contribution in [2.75, 3.05) is 39.3 Å². The third kappa shape index (κ3) is 4.72. The molecule has 1 fully saturated rings. The quantitative estimate of drug-likeness (QED) is 0.674. The van der Waals surface area contributed by atoms with Gasteiger partial charge in [0.2, 0.25) is 5.91 Å². The normalized spacial score (nSPS) is 19.9. The predicted octanol–water partition coefficient (Wildman–Crippen LogP) is 0.646. The van der Waals surface area contributed by atoms with E-state index in [2.05, 4.69) is 35.9 Å². The maximum atomic E-state index is 12.1. The number of nitrogens with one attached hydrogen (secondary N) is 1. The van der Waals surface area contributed by atoms with Gasteiger partial charge in [-0.25, -0.2) is 0 Å². The van der Waals surface area contributed by atoms with Crippen LogP contribution >= 0.6 is 0 Å². The molecule has 20 heavy (non-hydrogen) atoms. The number of unbranched alkanes of at least 4 members (excludes halogenated alkanes) is 1. The first-order chi connectivity index (χ1) is 9.42. The van der Waals surface area contributed by atoms with Crippen LogP contribution in [-0.2, 0) is 4.79 Å². The highest BCUT2D eigenvalue weighted by molar-refractivity contribution is 5.81. The average molecular weight is 284 g/mol. The first-order valence-electron chi connectivity index (χ1n) is 7.89. The molecule has 0 aromatic carbocycles. The van der Waals surface area contributed by atoms with E-state index in [1.54, 1.807) is 0 Å². The summed E-state index contributed by atoms with van der Waals surface area (Å²) in [6, 6.07) is -0.0324. The van der Waals surface area contributed by atoms with Crippen LogP contribution in [0, 0.1) is 0 Å². The first kappa shape index (κ1) is 17.4. The molecule has 0 aromatic rings. The molecule has 0 radical (unpaired) electrons. The Hall–Kier alpha value is -0.650. The van der Waals surface area contributed by atoms with Crippen molar-refractivity contribution in [1.29, 1.82) is 0 Å². The van der Waals surface area contributed by atoms with Crippen molar-refractivity contribution in [3.05, 3.63) is 0 Å². The van der Waals surface area contributed by atoms with Crippen molar-refractivity contribution in [1.82, 2.24) is 15.1 Å². The Bertz CT molecular complexity index is 298. The number of amides is 1. The Kier molecular flexibility index (Phi) is 6.92. The van der Waals surface area contributed by atoms with Crippen molar-refractivity contribution >= 4 is 5.91 Å². The van der Waals surface area contributed by atoms with Gasteiger partial charge in [0.15, 0.2) is 0 Å². The maximum Gasteiger partial charge on any atom is 0.237 e. The van der Waals surface area contributed by atoms with E-state index in [1.165, 1.54) is 0 Å². The van der Waals surface area contributed by atoms with Gasteiger partial charge in [-0.3, -0.25) is 14.6 Å². The van der Waals surface area contributed by atoms with Crippen molar-refractivity contribution in [2.24, 2.45) is 5.73 Å². The van der Waals surface area contributed by atoms with Gasteiger partial charge in [0.05, 0.1) is 6.04 Å². The SMILES string of the molecule is CCCCNC(=O)C(C)N1CCN(C(C)(C)CN)CC1. The summed E-state index contributed by atoms with van der Waals surface area (Å²) in [5, 5.41) is 3.02. The number of rotatable bonds is 7. The summed E-state index contributed by atoms with van der Waals surface area (Å²) in [5.41, 5.74) is 5.88. The van der Waals surface area contributed by atoms with E-state index in [0.717, 1.165) is 45.6 Å². The molecule has 5 heteroatoms. The molecule has 0 aromatic heterocycles. The van der Waals surface area contributed by atoms with Gasteiger partial charge in [0, 0.05) is 44.8 Å². The molecule has 3 N–H and O–H groups in total. The third-order valence-corrected chi connectivity index (χ3v) is 4.43. The number of carbonyl (C=O) groups excluding carboxylic acids is 1. The Morgan fingerprint density at radius 2 is 1.90 bits per heavy atom. The molecular weight excluding hydrogens is 252 g/mol. The zero-order valence-electron chi connectivity index (χ0n) is 13.6. The topological polar surface area (TPSA) is 61.6 Å². The number of nitrogens with two attached hydrogens (primary N) is 1. The molecule has 1 saturated heterocycles. The highest BCUT2D eigenvalue weighted by Gasteiger charge is 2.31. The molecule has 1 rings (SSSR count). The molecule has 5 nitrogen and oxygen atoms in total. The standard InChI is InChI=1S/C15H32N4O/c1-5-6-7-17-14(20)13(2)18-8-10-19(11-9-18)15(3,4)12-16/h13H,5-12,16H2,1-4H3,(H,17,20). The van der Waals surface area contributed by atoms with Crippen LogP contribution in [0.15, 0.2) is 0 Å². The number of carbonyl (C=O) groups is 1. The summed E-state index contributed by atoms with van der Waals surface area (Å²) in [5.74, 6) is 0.157. The van der Waals surface area contributed by atoms with Gasteiger partial charge in [-0.2, -0.15) is 0 Å². The zero-order chi connectivity index (χ0) is 15.2. The average Bonchev–Trinajstić information content (AvgIpc) is 2.46. The fourth-order valence-electron chi connectivity index (χ4n) is 2.55. The summed E-state index contributed by atoms with van der Waals surface area (Å²) in [6.45, 7) is 13.8. The monoisotopic (exact) mass is 284 g/mol. The molecule has 1 aliphatic heterocycles. The Balaban J connectivity index is 2.38. The van der Waals surface area contributed by atoms with E-state index in [4.69, 9.17) is 5.73 Å². The molecule has 1 aliphatic rings. The molecule has 1 atom stereocenters. The van der Waals surface area contributed by atoms with Crippen LogP contribution in [0.1, 0.15) is 40.5 Å². The summed E-state index contributed by atoms with van der Waals surface area (Å²) in [7, 11) is 0. The Morgan fingerprint density at radius 3 is 2.40 bits per heavy atom. The van der Waals surface area contributed by atoms with Gasteiger partial charge in [0.1, 0.15) is 0 Å². The molecular formula is C15H32N4O. The number of nitrogens with zero attached hydrogens (tertiary/aromatic N) is 2. The third-order valence-electron chi connectivity index (χ3n) is 4.43. The summed E-state index contributed by atoms with van der Waals surface area (Å²) in [6.07, 6.45) is 2.17. The fourth-order valence-corrected chi connectivity index (χ4v) is 2.55. The van der Waals surface area contributed by atoms with Crippen LogP contribution in [0.2, 0.25) is 0 Å². The summed E-state index contributed by atoms with van der Waals surface area (Å²) in [4.78, 5) is 16.8. The lowest BCUT2D eigenvalue weighted by molar-refractivity contribution is -0.126. The van der Waals surface area contributed by atoms with Gasteiger partial charge < -0.3 is 11.1 Å². The van der Waals surface area contributed by atoms with Crippen molar-refractivity contribution in [3.63, 3.8) is 0 Å². The summed E-state index contributed by atoms with van der Waals surface area (Å²) < 4.78 is 0. The lowest BCUT2D eigenvalue weighted by Crippen LogP contribution is -2.60. The first-order valence-corrected chi connectivity index (χ1v) is 7.89. The molecule has 0 spiro atoms.